The number of aromatic nitrogens is 1. The number of allylic oxidation sites excluding steroid dienone is 1. The molecular formula is C17H23BrN2O. The minimum Gasteiger partial charge on any atom is -0.369 e. The van der Waals surface area contributed by atoms with Crippen LogP contribution in [0.1, 0.15) is 55.4 Å². The third-order valence-electron chi connectivity index (χ3n) is 4.20. The molecule has 0 radical (unpaired) electrons. The maximum absolute atomic E-state index is 12.1. The van der Waals surface area contributed by atoms with Gasteiger partial charge in [-0.05, 0) is 63.4 Å². The molecule has 1 aliphatic rings. The van der Waals surface area contributed by atoms with E-state index in [0.29, 0.717) is 0 Å². The topological polar surface area (TPSA) is 33.2 Å². The summed E-state index contributed by atoms with van der Waals surface area (Å²) < 4.78 is 0.957. The van der Waals surface area contributed by atoms with E-state index in [1.165, 1.54) is 5.57 Å². The highest BCUT2D eigenvalue weighted by Gasteiger charge is 2.24. The molecule has 2 heterocycles. The number of carbonyl (C=O) groups excluding carboxylic acids is 1. The normalized spacial score (nSPS) is 15.3. The summed E-state index contributed by atoms with van der Waals surface area (Å²) in [7, 11) is 0. The molecule has 0 atom stereocenters. The second kappa shape index (κ2) is 6.30. The second-order valence-electron chi connectivity index (χ2n) is 5.97. The lowest BCUT2D eigenvalue weighted by atomic mass is 9.97. The van der Waals surface area contributed by atoms with E-state index in [9.17, 15) is 4.79 Å². The number of rotatable bonds is 2. The molecule has 114 valence electrons. The zero-order valence-electron chi connectivity index (χ0n) is 13.5. The molecule has 1 aliphatic heterocycles. The predicted octanol–water partition coefficient (Wildman–Crippen LogP) is 4.60. The molecule has 0 amide bonds. The van der Waals surface area contributed by atoms with Crippen molar-refractivity contribution in [1.29, 1.82) is 0 Å². The van der Waals surface area contributed by atoms with Crippen molar-refractivity contribution >= 4 is 27.4 Å². The van der Waals surface area contributed by atoms with Crippen LogP contribution in [0.4, 0.5) is 5.69 Å². The Kier molecular flexibility index (Phi) is 4.87. The van der Waals surface area contributed by atoms with Gasteiger partial charge < -0.3 is 4.90 Å². The highest BCUT2D eigenvalue weighted by atomic mass is 79.9. The first-order chi connectivity index (χ1) is 9.82. The van der Waals surface area contributed by atoms with Crippen molar-refractivity contribution < 1.29 is 4.79 Å². The zero-order valence-corrected chi connectivity index (χ0v) is 15.1. The van der Waals surface area contributed by atoms with Gasteiger partial charge in [-0.3, -0.25) is 9.78 Å². The van der Waals surface area contributed by atoms with Crippen LogP contribution in [0, 0.1) is 13.8 Å². The maximum Gasteiger partial charge on any atom is 0.163 e. The third kappa shape index (κ3) is 3.20. The largest absolute Gasteiger partial charge is 0.369 e. The Balaban J connectivity index is 2.45. The van der Waals surface area contributed by atoms with E-state index >= 15 is 0 Å². The Morgan fingerprint density at radius 3 is 2.14 bits per heavy atom. The van der Waals surface area contributed by atoms with E-state index < -0.39 is 0 Å². The number of halogens is 1. The number of anilines is 1. The summed E-state index contributed by atoms with van der Waals surface area (Å²) in [6.45, 7) is 11.8. The molecule has 0 aromatic carbocycles. The number of hydrogen-bond donors (Lipinski definition) is 0. The number of Topliss-reactive ketones (excluding diaryl/α,β-unsaturated/α-hetero) is 1. The van der Waals surface area contributed by atoms with Gasteiger partial charge in [0, 0.05) is 13.1 Å². The van der Waals surface area contributed by atoms with Crippen molar-refractivity contribution in [2.75, 3.05) is 18.0 Å². The van der Waals surface area contributed by atoms with Gasteiger partial charge >= 0.3 is 0 Å². The molecule has 1 fully saturated rings. The van der Waals surface area contributed by atoms with Crippen molar-refractivity contribution in [1.82, 2.24) is 4.98 Å². The van der Waals surface area contributed by atoms with Crippen molar-refractivity contribution in [3.05, 3.63) is 32.6 Å². The van der Waals surface area contributed by atoms with Gasteiger partial charge in [-0.15, -0.1) is 0 Å². The van der Waals surface area contributed by atoms with Gasteiger partial charge in [0.2, 0.25) is 0 Å². The number of pyridine rings is 1. The Hall–Kier alpha value is -1.16. The lowest BCUT2D eigenvalue weighted by molar-refractivity contribution is 0.101. The number of carbonyl (C=O) groups is 1. The van der Waals surface area contributed by atoms with Crippen LogP contribution in [-0.2, 0) is 0 Å². The number of piperidine rings is 1. The molecule has 21 heavy (non-hydrogen) atoms. The van der Waals surface area contributed by atoms with Crippen LogP contribution in [0.2, 0.25) is 0 Å². The fourth-order valence-electron chi connectivity index (χ4n) is 3.03. The Labute approximate surface area is 135 Å². The van der Waals surface area contributed by atoms with Gasteiger partial charge in [0.1, 0.15) is 0 Å². The van der Waals surface area contributed by atoms with Gasteiger partial charge in [-0.1, -0.05) is 11.1 Å². The molecule has 0 unspecified atom stereocenters. The van der Waals surface area contributed by atoms with Gasteiger partial charge in [0.05, 0.1) is 27.1 Å². The summed E-state index contributed by atoms with van der Waals surface area (Å²) in [4.78, 5) is 18.9. The first-order valence-electron chi connectivity index (χ1n) is 7.40. The van der Waals surface area contributed by atoms with E-state index in [4.69, 9.17) is 0 Å². The molecule has 1 aromatic rings. The number of aryl methyl sites for hydroxylation is 2. The molecule has 0 saturated carbocycles. The highest BCUT2D eigenvalue weighted by Crippen LogP contribution is 2.36. The van der Waals surface area contributed by atoms with E-state index in [1.807, 2.05) is 13.8 Å². The minimum atomic E-state index is 0.0868. The van der Waals surface area contributed by atoms with Crippen LogP contribution in [0.3, 0.4) is 0 Å². The van der Waals surface area contributed by atoms with Crippen molar-refractivity contribution in [2.24, 2.45) is 0 Å². The number of nitrogens with zero attached hydrogens (tertiary/aromatic N) is 2. The second-order valence-corrected chi connectivity index (χ2v) is 6.76. The fraction of sp³-hybridized carbons (Fsp3) is 0.529. The molecule has 3 nitrogen and oxygen atoms in total. The fourth-order valence-corrected chi connectivity index (χ4v) is 3.57. The van der Waals surface area contributed by atoms with Crippen LogP contribution in [0.15, 0.2) is 15.6 Å². The average molecular weight is 351 g/mol. The quantitative estimate of drug-likeness (QED) is 0.577. The van der Waals surface area contributed by atoms with Gasteiger partial charge in [-0.2, -0.15) is 0 Å². The maximum atomic E-state index is 12.1. The molecule has 0 spiro atoms. The summed E-state index contributed by atoms with van der Waals surface area (Å²) >= 11 is 3.64. The Morgan fingerprint density at radius 1 is 1.10 bits per heavy atom. The van der Waals surface area contributed by atoms with Crippen LogP contribution in [-0.4, -0.2) is 23.9 Å². The van der Waals surface area contributed by atoms with Gasteiger partial charge in [0.25, 0.3) is 0 Å². The molecule has 0 aliphatic carbocycles. The summed E-state index contributed by atoms with van der Waals surface area (Å²) in [6, 6.07) is 0. The molecule has 4 heteroatoms. The summed E-state index contributed by atoms with van der Waals surface area (Å²) in [6.07, 6.45) is 2.15. The standard InChI is InChI=1S/C17H23BrN2O/c1-10(2)14-6-8-20(9-7-14)17-15(13(5)21)11(3)19-12(4)16(17)18/h6-9H2,1-5H3. The van der Waals surface area contributed by atoms with E-state index in [1.54, 1.807) is 12.5 Å². The SMILES string of the molecule is CC(=O)c1c(C)nc(C)c(Br)c1N1CCC(=C(C)C)CC1. The van der Waals surface area contributed by atoms with Crippen LogP contribution in [0.25, 0.3) is 0 Å². The molecule has 0 bridgehead atoms. The first kappa shape index (κ1) is 16.2. The van der Waals surface area contributed by atoms with Crippen molar-refractivity contribution in [2.45, 2.75) is 47.5 Å². The van der Waals surface area contributed by atoms with Crippen molar-refractivity contribution in [3.63, 3.8) is 0 Å². The summed E-state index contributed by atoms with van der Waals surface area (Å²) in [5.74, 6) is 0.0868. The highest BCUT2D eigenvalue weighted by molar-refractivity contribution is 9.10. The Bertz CT molecular complexity index is 606. The van der Waals surface area contributed by atoms with Gasteiger partial charge in [0.15, 0.2) is 5.78 Å². The summed E-state index contributed by atoms with van der Waals surface area (Å²) in [5, 5.41) is 0. The van der Waals surface area contributed by atoms with Crippen LogP contribution >= 0.6 is 15.9 Å². The minimum absolute atomic E-state index is 0.0868. The first-order valence-corrected chi connectivity index (χ1v) is 8.20. The number of ketones is 1. The van der Waals surface area contributed by atoms with Crippen molar-refractivity contribution in [3.8, 4) is 0 Å². The zero-order chi connectivity index (χ0) is 15.7. The Morgan fingerprint density at radius 2 is 1.67 bits per heavy atom. The van der Waals surface area contributed by atoms with Crippen LogP contribution < -0.4 is 4.90 Å². The van der Waals surface area contributed by atoms with Gasteiger partial charge in [-0.25, -0.2) is 0 Å². The summed E-state index contributed by atoms with van der Waals surface area (Å²) in [5.41, 5.74) is 6.54. The van der Waals surface area contributed by atoms with E-state index in [2.05, 4.69) is 39.7 Å². The van der Waals surface area contributed by atoms with Crippen LogP contribution in [0.5, 0.6) is 0 Å². The van der Waals surface area contributed by atoms with E-state index in [-0.39, 0.29) is 5.78 Å². The predicted molar refractivity (Wildman–Crippen MR) is 91.2 cm³/mol. The molecule has 2 rings (SSSR count). The smallest absolute Gasteiger partial charge is 0.163 e. The third-order valence-corrected chi connectivity index (χ3v) is 5.15. The monoisotopic (exact) mass is 350 g/mol. The number of hydrogen-bond acceptors (Lipinski definition) is 3. The molecule has 0 N–H and O–H groups in total. The van der Waals surface area contributed by atoms with E-state index in [0.717, 1.165) is 53.0 Å². The average Bonchev–Trinajstić information content (AvgIpc) is 2.42. The molecule has 1 aromatic heterocycles. The molecular weight excluding hydrogens is 328 g/mol. The lowest BCUT2D eigenvalue weighted by Gasteiger charge is -2.33. The molecule has 1 saturated heterocycles. The lowest BCUT2D eigenvalue weighted by Crippen LogP contribution is -2.33.